The van der Waals surface area contributed by atoms with Gasteiger partial charge in [0.05, 0.1) is 6.54 Å². The van der Waals surface area contributed by atoms with Crippen molar-refractivity contribution in [3.8, 4) is 0 Å². The van der Waals surface area contributed by atoms with E-state index >= 15 is 0 Å². The largest absolute Gasteiger partial charge is 0.344 e. The number of thiocarbonyl (C=S) groups is 1. The zero-order valence-electron chi connectivity index (χ0n) is 16.9. The summed E-state index contributed by atoms with van der Waals surface area (Å²) >= 11 is 9.35. The molecular weight excluding hydrogens is 402 g/mol. The van der Waals surface area contributed by atoms with Gasteiger partial charge < -0.3 is 15.1 Å². The first-order chi connectivity index (χ1) is 13.6. The summed E-state index contributed by atoms with van der Waals surface area (Å²) in [5.74, 6) is 0.836. The summed E-state index contributed by atoms with van der Waals surface area (Å²) in [6.07, 6.45) is 5.96. The quantitative estimate of drug-likeness (QED) is 0.418. The minimum atomic E-state index is 0.818. The number of likely N-dealkylation sites (tertiary alicyclic amines) is 1. The molecule has 0 radical (unpaired) electrons. The number of hydrogen-bond acceptors (Lipinski definition) is 4. The van der Waals surface area contributed by atoms with Gasteiger partial charge in [-0.3, -0.25) is 0 Å². The summed E-state index contributed by atoms with van der Waals surface area (Å²) in [6, 6.07) is 12.8. The van der Waals surface area contributed by atoms with E-state index in [1.807, 2.05) is 0 Å². The fraction of sp³-hybridized carbons (Fsp3) is 0.500. The number of anilines is 1. The van der Waals surface area contributed by atoms with E-state index in [1.54, 1.807) is 23.1 Å². The van der Waals surface area contributed by atoms with Gasteiger partial charge in [-0.05, 0) is 86.4 Å². The van der Waals surface area contributed by atoms with E-state index in [0.29, 0.717) is 0 Å². The molecule has 0 bridgehead atoms. The molecule has 1 aromatic heterocycles. The van der Waals surface area contributed by atoms with Gasteiger partial charge in [0, 0.05) is 28.5 Å². The van der Waals surface area contributed by atoms with Crippen molar-refractivity contribution in [1.29, 1.82) is 0 Å². The van der Waals surface area contributed by atoms with Gasteiger partial charge in [-0.15, -0.1) is 23.1 Å². The molecule has 1 aliphatic rings. The minimum absolute atomic E-state index is 0.818. The lowest BCUT2D eigenvalue weighted by Gasteiger charge is -2.32. The van der Waals surface area contributed by atoms with Crippen molar-refractivity contribution in [3.05, 3.63) is 46.7 Å². The second-order valence-corrected chi connectivity index (χ2v) is 9.86. The highest BCUT2D eigenvalue weighted by Crippen LogP contribution is 2.20. The van der Waals surface area contributed by atoms with Crippen LogP contribution in [0.4, 0.5) is 5.69 Å². The number of hydrogen-bond donors (Lipinski definition) is 1. The third kappa shape index (κ3) is 6.76. The molecule has 28 heavy (non-hydrogen) atoms. The first-order valence-electron chi connectivity index (χ1n) is 10.1. The molecule has 1 N–H and O–H groups in total. The molecule has 1 aromatic carbocycles. The Morgan fingerprint density at radius 3 is 3.00 bits per heavy atom. The first-order valence-corrected chi connectivity index (χ1v) is 12.6. The van der Waals surface area contributed by atoms with Gasteiger partial charge >= 0.3 is 0 Å². The predicted octanol–water partition coefficient (Wildman–Crippen LogP) is 5.79. The fourth-order valence-corrected chi connectivity index (χ4v) is 5.17. The van der Waals surface area contributed by atoms with Gasteiger partial charge in [0.15, 0.2) is 5.11 Å². The van der Waals surface area contributed by atoms with Crippen molar-refractivity contribution in [3.63, 3.8) is 0 Å². The van der Waals surface area contributed by atoms with Gasteiger partial charge in [0.1, 0.15) is 0 Å². The fourth-order valence-electron chi connectivity index (χ4n) is 3.72. The van der Waals surface area contributed by atoms with E-state index in [0.717, 1.165) is 42.8 Å². The number of thioether (sulfide) groups is 1. The number of nitrogens with one attached hydrogen (secondary N) is 1. The SMILES string of the molecule is CSc1cccc(NC(=S)N(CCCN2CCC[C@@H](C)C2)Cc2cccs2)c1. The van der Waals surface area contributed by atoms with Crippen LogP contribution >= 0.6 is 35.3 Å². The molecule has 1 aliphatic heterocycles. The van der Waals surface area contributed by atoms with Crippen molar-refractivity contribution < 1.29 is 0 Å². The van der Waals surface area contributed by atoms with E-state index in [-0.39, 0.29) is 0 Å². The van der Waals surface area contributed by atoms with Crippen LogP contribution < -0.4 is 5.32 Å². The maximum atomic E-state index is 5.80. The van der Waals surface area contributed by atoms with Crippen LogP contribution in [0.25, 0.3) is 0 Å². The maximum Gasteiger partial charge on any atom is 0.173 e. The Morgan fingerprint density at radius 1 is 1.36 bits per heavy atom. The molecule has 0 spiro atoms. The minimum Gasteiger partial charge on any atom is -0.344 e. The van der Waals surface area contributed by atoms with E-state index in [1.165, 1.54) is 35.7 Å². The topological polar surface area (TPSA) is 18.5 Å². The van der Waals surface area contributed by atoms with Crippen LogP contribution in [0, 0.1) is 5.92 Å². The molecule has 1 saturated heterocycles. The van der Waals surface area contributed by atoms with Crippen LogP contribution in [-0.4, -0.2) is 47.3 Å². The summed E-state index contributed by atoms with van der Waals surface area (Å²) in [5.41, 5.74) is 1.07. The molecule has 0 saturated carbocycles. The van der Waals surface area contributed by atoms with Crippen LogP contribution in [0.5, 0.6) is 0 Å². The monoisotopic (exact) mass is 433 g/mol. The maximum absolute atomic E-state index is 5.80. The van der Waals surface area contributed by atoms with E-state index < -0.39 is 0 Å². The molecule has 0 amide bonds. The highest BCUT2D eigenvalue weighted by molar-refractivity contribution is 7.98. The van der Waals surface area contributed by atoms with Gasteiger partial charge in [0.25, 0.3) is 0 Å². The van der Waals surface area contributed by atoms with Crippen molar-refractivity contribution >= 4 is 46.1 Å². The lowest BCUT2D eigenvalue weighted by atomic mass is 10.0. The Labute approximate surface area is 183 Å². The van der Waals surface area contributed by atoms with Gasteiger partial charge in [-0.25, -0.2) is 0 Å². The Kier molecular flexibility index (Phi) is 8.65. The lowest BCUT2D eigenvalue weighted by molar-refractivity contribution is 0.177. The summed E-state index contributed by atoms with van der Waals surface area (Å²) in [6.45, 7) is 7.89. The summed E-state index contributed by atoms with van der Waals surface area (Å²) in [4.78, 5) is 7.54. The van der Waals surface area contributed by atoms with Crippen molar-refractivity contribution in [2.75, 3.05) is 37.8 Å². The predicted molar refractivity (Wildman–Crippen MR) is 129 cm³/mol. The Bertz CT molecular complexity index is 732. The molecular formula is C22H31N3S3. The average Bonchev–Trinajstić information content (AvgIpc) is 3.20. The molecule has 1 atom stereocenters. The number of rotatable bonds is 8. The van der Waals surface area contributed by atoms with Crippen LogP contribution in [0.3, 0.4) is 0 Å². The van der Waals surface area contributed by atoms with Crippen LogP contribution in [-0.2, 0) is 6.54 Å². The molecule has 3 rings (SSSR count). The highest BCUT2D eigenvalue weighted by Gasteiger charge is 2.17. The van der Waals surface area contributed by atoms with Crippen molar-refractivity contribution in [2.24, 2.45) is 5.92 Å². The summed E-state index contributed by atoms with van der Waals surface area (Å²) in [7, 11) is 0. The average molecular weight is 434 g/mol. The second kappa shape index (κ2) is 11.2. The molecule has 0 unspecified atom stereocenters. The summed E-state index contributed by atoms with van der Waals surface area (Å²) < 4.78 is 0. The van der Waals surface area contributed by atoms with Crippen LogP contribution in [0.1, 0.15) is 31.1 Å². The molecule has 6 heteroatoms. The number of nitrogens with zero attached hydrogens (tertiary/aromatic N) is 2. The standard InChI is InChI=1S/C22H31N3S3/c1-18-7-4-11-24(16-18)12-6-13-25(17-21-10-5-14-28-21)22(26)23-19-8-3-9-20(15-19)27-2/h3,5,8-10,14-15,18H,4,6-7,11-13,16-17H2,1-2H3,(H,23,26)/t18-/m1/s1. The van der Waals surface area contributed by atoms with Crippen LogP contribution in [0.2, 0.25) is 0 Å². The third-order valence-electron chi connectivity index (χ3n) is 5.18. The smallest absolute Gasteiger partial charge is 0.173 e. The van der Waals surface area contributed by atoms with E-state index in [9.17, 15) is 0 Å². The third-order valence-corrected chi connectivity index (χ3v) is 7.13. The summed E-state index contributed by atoms with van der Waals surface area (Å²) in [5, 5.41) is 6.42. The molecule has 1 fully saturated rings. The lowest BCUT2D eigenvalue weighted by Crippen LogP contribution is -2.39. The molecule has 2 heterocycles. The van der Waals surface area contributed by atoms with Gasteiger partial charge in [-0.2, -0.15) is 0 Å². The second-order valence-electron chi connectivity index (χ2n) is 7.56. The van der Waals surface area contributed by atoms with E-state index in [2.05, 4.69) is 70.1 Å². The number of piperidine rings is 1. The Morgan fingerprint density at radius 2 is 2.25 bits per heavy atom. The molecule has 0 aliphatic carbocycles. The van der Waals surface area contributed by atoms with Crippen molar-refractivity contribution in [1.82, 2.24) is 9.80 Å². The molecule has 152 valence electrons. The van der Waals surface area contributed by atoms with Gasteiger partial charge in [-0.1, -0.05) is 19.1 Å². The Balaban J connectivity index is 1.58. The van der Waals surface area contributed by atoms with Gasteiger partial charge in [0.2, 0.25) is 0 Å². The van der Waals surface area contributed by atoms with Crippen molar-refractivity contribution in [2.45, 2.75) is 37.6 Å². The zero-order valence-corrected chi connectivity index (χ0v) is 19.3. The first kappa shape index (κ1) is 21.6. The van der Waals surface area contributed by atoms with Crippen LogP contribution in [0.15, 0.2) is 46.7 Å². The number of thiophene rings is 1. The molecule has 3 nitrogen and oxygen atoms in total. The Hall–Kier alpha value is -1.08. The normalized spacial score (nSPS) is 17.4. The highest BCUT2D eigenvalue weighted by atomic mass is 32.2. The van der Waals surface area contributed by atoms with E-state index in [4.69, 9.17) is 12.2 Å². The number of benzene rings is 1. The zero-order chi connectivity index (χ0) is 19.8. The molecule has 2 aromatic rings.